The Balaban J connectivity index is 2.26. The highest BCUT2D eigenvalue weighted by molar-refractivity contribution is 5.78. The molecule has 1 fully saturated rings. The van der Waals surface area contributed by atoms with Crippen LogP contribution in [0.5, 0.6) is 0 Å². The van der Waals surface area contributed by atoms with Gasteiger partial charge >= 0.3 is 0 Å². The lowest BCUT2D eigenvalue weighted by molar-refractivity contribution is -0.132. The average Bonchev–Trinajstić information content (AvgIpc) is 2.37. The van der Waals surface area contributed by atoms with Gasteiger partial charge in [0, 0.05) is 39.8 Å². The lowest BCUT2D eigenvalue weighted by atomic mass is 10.1. The van der Waals surface area contributed by atoms with E-state index in [9.17, 15) is 4.79 Å². The highest BCUT2D eigenvalue weighted by Gasteiger charge is 2.20. The maximum Gasteiger partial charge on any atom is 0.236 e. The van der Waals surface area contributed by atoms with Gasteiger partial charge in [-0.05, 0) is 27.3 Å². The van der Waals surface area contributed by atoms with Gasteiger partial charge in [0.15, 0.2) is 0 Å². The summed E-state index contributed by atoms with van der Waals surface area (Å²) in [5.74, 6) is 0.231. The minimum absolute atomic E-state index is 0.119. The number of hydrogen-bond donors (Lipinski definition) is 1. The highest BCUT2D eigenvalue weighted by Crippen LogP contribution is 2.13. The van der Waals surface area contributed by atoms with Crippen molar-refractivity contribution >= 4 is 5.91 Å². The number of methoxy groups -OCH3 is 1. The maximum atomic E-state index is 12.0. The second-order valence-corrected chi connectivity index (χ2v) is 5.58. The Morgan fingerprint density at radius 3 is 2.56 bits per heavy atom. The van der Waals surface area contributed by atoms with Crippen molar-refractivity contribution in [1.82, 2.24) is 15.1 Å². The van der Waals surface area contributed by atoms with Crippen molar-refractivity contribution in [2.45, 2.75) is 25.9 Å². The van der Waals surface area contributed by atoms with E-state index in [4.69, 9.17) is 4.74 Å². The van der Waals surface area contributed by atoms with Crippen LogP contribution in [-0.4, -0.2) is 74.7 Å². The molecular weight excluding hydrogens is 230 g/mol. The zero-order valence-electron chi connectivity index (χ0n) is 12.2. The molecule has 0 unspecified atom stereocenters. The third-order valence-corrected chi connectivity index (χ3v) is 3.52. The summed E-state index contributed by atoms with van der Waals surface area (Å²) in [7, 11) is 3.72. The number of rotatable bonds is 6. The van der Waals surface area contributed by atoms with Crippen LogP contribution in [0.4, 0.5) is 0 Å². The first-order valence-electron chi connectivity index (χ1n) is 6.67. The van der Waals surface area contributed by atoms with Gasteiger partial charge in [0.25, 0.3) is 0 Å². The maximum absolute atomic E-state index is 12.0. The molecule has 106 valence electrons. The molecule has 0 aromatic rings. The van der Waals surface area contributed by atoms with E-state index in [-0.39, 0.29) is 11.5 Å². The molecule has 1 aliphatic heterocycles. The van der Waals surface area contributed by atoms with Gasteiger partial charge in [-0.1, -0.05) is 0 Å². The topological polar surface area (TPSA) is 44.8 Å². The number of carbonyl (C=O) groups excluding carboxylic acids is 1. The molecule has 0 bridgehead atoms. The van der Waals surface area contributed by atoms with Crippen LogP contribution in [0.2, 0.25) is 0 Å². The van der Waals surface area contributed by atoms with Gasteiger partial charge in [-0.2, -0.15) is 0 Å². The molecule has 5 nitrogen and oxygen atoms in total. The first kappa shape index (κ1) is 15.4. The van der Waals surface area contributed by atoms with E-state index in [1.54, 1.807) is 7.11 Å². The molecule has 1 amide bonds. The van der Waals surface area contributed by atoms with Crippen LogP contribution in [0.15, 0.2) is 0 Å². The lowest BCUT2D eigenvalue weighted by Gasteiger charge is -2.30. The summed E-state index contributed by atoms with van der Waals surface area (Å²) in [6, 6.07) is 0. The number of ether oxygens (including phenoxy) is 1. The molecule has 18 heavy (non-hydrogen) atoms. The number of carbonyl (C=O) groups is 1. The number of likely N-dealkylation sites (N-methyl/N-ethyl adjacent to an activating group) is 1. The molecular formula is C13H27N3O2. The third kappa shape index (κ3) is 5.33. The Bertz CT molecular complexity index is 263. The van der Waals surface area contributed by atoms with Crippen molar-refractivity contribution in [2.75, 3.05) is 53.4 Å². The van der Waals surface area contributed by atoms with Gasteiger partial charge in [-0.15, -0.1) is 0 Å². The number of hydrogen-bond acceptors (Lipinski definition) is 4. The number of amides is 1. The zero-order valence-corrected chi connectivity index (χ0v) is 12.2. The Labute approximate surface area is 110 Å². The summed E-state index contributed by atoms with van der Waals surface area (Å²) in [5, 5.41) is 3.25. The van der Waals surface area contributed by atoms with Crippen molar-refractivity contribution < 1.29 is 9.53 Å². The predicted octanol–water partition coefficient (Wildman–Crippen LogP) is 0.165. The number of piperazine rings is 1. The molecule has 1 heterocycles. The minimum atomic E-state index is -0.119. The molecule has 0 saturated carbocycles. The standard InChI is InChI=1S/C13H27N3O2/c1-13(2,18-4)5-8-15(3)11-12(17)16-9-6-14-7-10-16/h14H,5-11H2,1-4H3. The van der Waals surface area contributed by atoms with Crippen LogP contribution in [0.25, 0.3) is 0 Å². The molecule has 0 aliphatic carbocycles. The summed E-state index contributed by atoms with van der Waals surface area (Å²) in [6.07, 6.45) is 0.925. The largest absolute Gasteiger partial charge is 0.379 e. The molecule has 5 heteroatoms. The second kappa shape index (κ2) is 7.07. The smallest absolute Gasteiger partial charge is 0.236 e. The Hall–Kier alpha value is -0.650. The van der Waals surface area contributed by atoms with Crippen LogP contribution in [-0.2, 0) is 9.53 Å². The summed E-state index contributed by atoms with van der Waals surface area (Å²) in [5.41, 5.74) is -0.119. The predicted molar refractivity (Wildman–Crippen MR) is 72.7 cm³/mol. The van der Waals surface area contributed by atoms with E-state index in [0.29, 0.717) is 6.54 Å². The fourth-order valence-corrected chi connectivity index (χ4v) is 1.89. The van der Waals surface area contributed by atoms with Crippen molar-refractivity contribution in [3.63, 3.8) is 0 Å². The molecule has 1 saturated heterocycles. The van der Waals surface area contributed by atoms with Gasteiger partial charge < -0.3 is 15.0 Å². The first-order valence-corrected chi connectivity index (χ1v) is 6.67. The van der Waals surface area contributed by atoms with Crippen molar-refractivity contribution in [3.05, 3.63) is 0 Å². The Morgan fingerprint density at radius 1 is 1.39 bits per heavy atom. The Morgan fingerprint density at radius 2 is 2.00 bits per heavy atom. The van der Waals surface area contributed by atoms with Crippen molar-refractivity contribution in [2.24, 2.45) is 0 Å². The summed E-state index contributed by atoms with van der Waals surface area (Å²) in [4.78, 5) is 16.0. The summed E-state index contributed by atoms with van der Waals surface area (Å²) in [6.45, 7) is 8.99. The monoisotopic (exact) mass is 257 g/mol. The summed E-state index contributed by atoms with van der Waals surface area (Å²) < 4.78 is 5.38. The van der Waals surface area contributed by atoms with E-state index in [0.717, 1.165) is 39.1 Å². The van der Waals surface area contributed by atoms with Crippen LogP contribution < -0.4 is 5.32 Å². The van der Waals surface area contributed by atoms with Crippen LogP contribution >= 0.6 is 0 Å². The third-order valence-electron chi connectivity index (χ3n) is 3.52. The lowest BCUT2D eigenvalue weighted by Crippen LogP contribution is -2.49. The first-order chi connectivity index (χ1) is 8.44. The van der Waals surface area contributed by atoms with Gasteiger partial charge in [-0.3, -0.25) is 9.69 Å². The second-order valence-electron chi connectivity index (χ2n) is 5.58. The SMILES string of the molecule is COC(C)(C)CCN(C)CC(=O)N1CCNCC1. The molecule has 1 N–H and O–H groups in total. The summed E-state index contributed by atoms with van der Waals surface area (Å²) >= 11 is 0. The molecule has 0 atom stereocenters. The van der Waals surface area contributed by atoms with Crippen LogP contribution in [0.1, 0.15) is 20.3 Å². The fourth-order valence-electron chi connectivity index (χ4n) is 1.89. The van der Waals surface area contributed by atoms with E-state index in [2.05, 4.69) is 24.1 Å². The molecule has 0 aromatic carbocycles. The van der Waals surface area contributed by atoms with E-state index < -0.39 is 0 Å². The highest BCUT2D eigenvalue weighted by atomic mass is 16.5. The zero-order chi connectivity index (χ0) is 13.6. The van der Waals surface area contributed by atoms with Crippen molar-refractivity contribution in [1.29, 1.82) is 0 Å². The molecule has 0 spiro atoms. The average molecular weight is 257 g/mol. The Kier molecular flexibility index (Phi) is 6.05. The van der Waals surface area contributed by atoms with Gasteiger partial charge in [0.1, 0.15) is 0 Å². The van der Waals surface area contributed by atoms with E-state index in [1.807, 2.05) is 11.9 Å². The van der Waals surface area contributed by atoms with Crippen LogP contribution in [0.3, 0.4) is 0 Å². The quantitative estimate of drug-likeness (QED) is 0.736. The molecule has 1 aliphatic rings. The van der Waals surface area contributed by atoms with Gasteiger partial charge in [0.05, 0.1) is 12.1 Å². The normalized spacial score (nSPS) is 17.3. The molecule has 0 radical (unpaired) electrons. The van der Waals surface area contributed by atoms with E-state index >= 15 is 0 Å². The van der Waals surface area contributed by atoms with E-state index in [1.165, 1.54) is 0 Å². The number of nitrogens with one attached hydrogen (secondary N) is 1. The fraction of sp³-hybridized carbons (Fsp3) is 0.923. The molecule has 0 aromatic heterocycles. The van der Waals surface area contributed by atoms with Gasteiger partial charge in [0.2, 0.25) is 5.91 Å². The number of nitrogens with zero attached hydrogens (tertiary/aromatic N) is 2. The molecule has 1 rings (SSSR count). The van der Waals surface area contributed by atoms with Crippen molar-refractivity contribution in [3.8, 4) is 0 Å². The van der Waals surface area contributed by atoms with Gasteiger partial charge in [-0.25, -0.2) is 0 Å². The minimum Gasteiger partial charge on any atom is -0.379 e. The van der Waals surface area contributed by atoms with Crippen LogP contribution in [0, 0.1) is 0 Å².